The summed E-state index contributed by atoms with van der Waals surface area (Å²) in [5.74, 6) is 2.28. The molecule has 2 nitrogen and oxygen atoms in total. The highest BCUT2D eigenvalue weighted by Gasteiger charge is 1.96. The molecule has 0 aromatic heterocycles. The molecule has 0 atom stereocenters. The van der Waals surface area contributed by atoms with Crippen LogP contribution in [-0.2, 0) is 4.79 Å². The molecule has 0 aromatic carbocycles. The minimum Gasteiger partial charge on any atom is -0.348 e. The fourth-order valence-corrected chi connectivity index (χ4v) is 0.619. The fraction of sp³-hybridized carbons (Fsp3) is 0.917. The lowest BCUT2D eigenvalue weighted by molar-refractivity contribution is -0.117. The molecule has 0 aliphatic rings. The molecule has 0 saturated heterocycles. The van der Waals surface area contributed by atoms with Gasteiger partial charge in [0.25, 0.3) is 0 Å². The van der Waals surface area contributed by atoms with E-state index in [0.29, 0.717) is 5.92 Å². The first-order chi connectivity index (χ1) is 6.31. The summed E-state index contributed by atoms with van der Waals surface area (Å²) < 4.78 is 0. The summed E-state index contributed by atoms with van der Waals surface area (Å²) in [6.07, 6.45) is 0.847. The topological polar surface area (TPSA) is 20.3 Å². The molecule has 0 unspecified atom stereocenters. The summed E-state index contributed by atoms with van der Waals surface area (Å²) in [4.78, 5) is 11.6. The molecule has 0 aromatic rings. The first kappa shape index (κ1) is 15.9. The quantitative estimate of drug-likeness (QED) is 0.640. The Morgan fingerprint density at radius 3 is 1.43 bits per heavy atom. The van der Waals surface area contributed by atoms with Gasteiger partial charge in [-0.15, -0.1) is 0 Å². The van der Waals surface area contributed by atoms with Gasteiger partial charge >= 0.3 is 0 Å². The van der Waals surface area contributed by atoms with E-state index < -0.39 is 0 Å². The zero-order valence-corrected chi connectivity index (χ0v) is 10.9. The van der Waals surface area contributed by atoms with E-state index in [-0.39, 0.29) is 0 Å². The molecule has 86 valence electrons. The zero-order valence-electron chi connectivity index (χ0n) is 10.9. The van der Waals surface area contributed by atoms with Crippen LogP contribution in [0.1, 0.15) is 41.5 Å². The third-order valence-electron chi connectivity index (χ3n) is 2.17. The molecule has 0 aliphatic carbocycles. The number of carbonyl (C=O) groups is 1. The number of amides is 1. The van der Waals surface area contributed by atoms with Gasteiger partial charge in [0.1, 0.15) is 0 Å². The van der Waals surface area contributed by atoms with Gasteiger partial charge in [0.15, 0.2) is 0 Å². The van der Waals surface area contributed by atoms with E-state index in [1.54, 1.807) is 11.9 Å². The number of hydrogen-bond acceptors (Lipinski definition) is 1. The predicted molar refractivity (Wildman–Crippen MR) is 63.2 cm³/mol. The highest BCUT2D eigenvalue weighted by molar-refractivity contribution is 5.46. The predicted octanol–water partition coefficient (Wildman–Crippen LogP) is 3.03. The van der Waals surface area contributed by atoms with Crippen molar-refractivity contribution in [3.63, 3.8) is 0 Å². The van der Waals surface area contributed by atoms with Crippen molar-refractivity contribution in [1.29, 1.82) is 0 Å². The largest absolute Gasteiger partial charge is 0.348 e. The molecule has 0 saturated carbocycles. The summed E-state index contributed by atoms with van der Waals surface area (Å²) in [5, 5.41) is 0. The molecule has 0 bridgehead atoms. The van der Waals surface area contributed by atoms with Crippen molar-refractivity contribution in [1.82, 2.24) is 4.90 Å². The summed E-state index contributed by atoms with van der Waals surface area (Å²) >= 11 is 0. The number of rotatable bonds is 4. The minimum atomic E-state index is 0.574. The standard InChI is InChI=1S/C6H13NO.C6H14/c1-6(2)4-7(3)5-8;1-5(2)6(3)4/h5-6H,4H2,1-3H3;5-6H,1-4H3. The van der Waals surface area contributed by atoms with Crippen LogP contribution < -0.4 is 0 Å². The smallest absolute Gasteiger partial charge is 0.209 e. The zero-order chi connectivity index (χ0) is 11.7. The Bertz CT molecular complexity index is 124. The maximum atomic E-state index is 9.97. The Kier molecular flexibility index (Phi) is 10.3. The molecule has 0 fully saturated rings. The Morgan fingerprint density at radius 2 is 1.36 bits per heavy atom. The first-order valence-electron chi connectivity index (χ1n) is 5.46. The second-order valence-corrected chi connectivity index (χ2v) is 4.93. The third kappa shape index (κ3) is 14.0. The van der Waals surface area contributed by atoms with Crippen LogP contribution in [0.5, 0.6) is 0 Å². The van der Waals surface area contributed by atoms with Crippen LogP contribution in [0.2, 0.25) is 0 Å². The molecule has 0 rings (SSSR count). The monoisotopic (exact) mass is 201 g/mol. The van der Waals surface area contributed by atoms with Crippen LogP contribution in [-0.4, -0.2) is 24.9 Å². The van der Waals surface area contributed by atoms with Crippen molar-refractivity contribution in [2.75, 3.05) is 13.6 Å². The van der Waals surface area contributed by atoms with E-state index in [1.165, 1.54) is 0 Å². The second-order valence-electron chi connectivity index (χ2n) is 4.93. The fourth-order valence-electron chi connectivity index (χ4n) is 0.619. The van der Waals surface area contributed by atoms with E-state index in [2.05, 4.69) is 41.5 Å². The van der Waals surface area contributed by atoms with Crippen LogP contribution >= 0.6 is 0 Å². The normalized spacial score (nSPS) is 10.1. The Balaban J connectivity index is 0. The van der Waals surface area contributed by atoms with Crippen LogP contribution in [0.4, 0.5) is 0 Å². The molecular formula is C12H27NO. The van der Waals surface area contributed by atoms with E-state index in [9.17, 15) is 4.79 Å². The highest BCUT2D eigenvalue weighted by atomic mass is 16.1. The van der Waals surface area contributed by atoms with Crippen molar-refractivity contribution in [2.24, 2.45) is 17.8 Å². The van der Waals surface area contributed by atoms with E-state index in [0.717, 1.165) is 24.8 Å². The molecular weight excluding hydrogens is 174 g/mol. The molecule has 14 heavy (non-hydrogen) atoms. The number of nitrogens with zero attached hydrogens (tertiary/aromatic N) is 1. The second kappa shape index (κ2) is 9.04. The molecule has 0 aliphatic heterocycles. The van der Waals surface area contributed by atoms with E-state index >= 15 is 0 Å². The maximum Gasteiger partial charge on any atom is 0.209 e. The van der Waals surface area contributed by atoms with Gasteiger partial charge in [-0.25, -0.2) is 0 Å². The van der Waals surface area contributed by atoms with Gasteiger partial charge in [-0.1, -0.05) is 41.5 Å². The van der Waals surface area contributed by atoms with Gasteiger partial charge in [0.05, 0.1) is 0 Å². The lowest BCUT2D eigenvalue weighted by Gasteiger charge is -2.11. The Morgan fingerprint density at radius 1 is 1.00 bits per heavy atom. The minimum absolute atomic E-state index is 0.574. The average molecular weight is 201 g/mol. The lowest BCUT2D eigenvalue weighted by atomic mass is 10.0. The summed E-state index contributed by atoms with van der Waals surface area (Å²) in [6.45, 7) is 14.0. The van der Waals surface area contributed by atoms with Crippen LogP contribution in [0.25, 0.3) is 0 Å². The first-order valence-corrected chi connectivity index (χ1v) is 5.46. The van der Waals surface area contributed by atoms with Crippen LogP contribution in [0.15, 0.2) is 0 Å². The molecule has 0 heterocycles. The third-order valence-corrected chi connectivity index (χ3v) is 2.17. The highest BCUT2D eigenvalue weighted by Crippen LogP contribution is 2.05. The van der Waals surface area contributed by atoms with E-state index in [4.69, 9.17) is 0 Å². The number of hydrogen-bond donors (Lipinski definition) is 0. The van der Waals surface area contributed by atoms with Crippen molar-refractivity contribution in [2.45, 2.75) is 41.5 Å². The Labute approximate surface area is 89.7 Å². The van der Waals surface area contributed by atoms with Gasteiger partial charge in [-0.05, 0) is 17.8 Å². The lowest BCUT2D eigenvalue weighted by Crippen LogP contribution is -2.20. The van der Waals surface area contributed by atoms with Gasteiger partial charge in [0.2, 0.25) is 6.41 Å². The van der Waals surface area contributed by atoms with Gasteiger partial charge in [0, 0.05) is 13.6 Å². The molecule has 0 radical (unpaired) electrons. The van der Waals surface area contributed by atoms with Crippen molar-refractivity contribution in [3.8, 4) is 0 Å². The van der Waals surface area contributed by atoms with Gasteiger partial charge in [-0.3, -0.25) is 4.79 Å². The molecule has 2 heteroatoms. The van der Waals surface area contributed by atoms with Crippen molar-refractivity contribution < 1.29 is 4.79 Å². The van der Waals surface area contributed by atoms with Crippen molar-refractivity contribution >= 4 is 6.41 Å². The summed E-state index contributed by atoms with van der Waals surface area (Å²) in [6, 6.07) is 0. The van der Waals surface area contributed by atoms with Crippen molar-refractivity contribution in [3.05, 3.63) is 0 Å². The summed E-state index contributed by atoms with van der Waals surface area (Å²) in [7, 11) is 1.78. The van der Waals surface area contributed by atoms with Crippen LogP contribution in [0.3, 0.4) is 0 Å². The molecule has 1 amide bonds. The van der Waals surface area contributed by atoms with Gasteiger partial charge < -0.3 is 4.90 Å². The van der Waals surface area contributed by atoms with Gasteiger partial charge in [-0.2, -0.15) is 0 Å². The maximum absolute atomic E-state index is 9.97. The summed E-state index contributed by atoms with van der Waals surface area (Å²) in [5.41, 5.74) is 0. The number of carbonyl (C=O) groups excluding carboxylic acids is 1. The van der Waals surface area contributed by atoms with E-state index in [1.807, 2.05) is 0 Å². The molecule has 0 N–H and O–H groups in total. The van der Waals surface area contributed by atoms with Crippen LogP contribution in [0, 0.1) is 17.8 Å². The molecule has 0 spiro atoms. The Hall–Kier alpha value is -0.530. The SMILES string of the molecule is CC(C)C(C)C.CC(C)CN(C)C=O. The average Bonchev–Trinajstić information content (AvgIpc) is 2.04.